The number of carbonyl (C=O) groups is 8. The van der Waals surface area contributed by atoms with Crippen LogP contribution in [0.3, 0.4) is 0 Å². The third-order valence-corrected chi connectivity index (χ3v) is 12.7. The summed E-state index contributed by atoms with van der Waals surface area (Å²) in [4.78, 5) is 96.4. The number of hydrogen-bond donors (Lipinski definition) is 7. The normalized spacial score (nSPS) is 11.9. The first-order valence-corrected chi connectivity index (χ1v) is 28.9. The number of ketones is 2. The summed E-state index contributed by atoms with van der Waals surface area (Å²) in [6.07, 6.45) is 20.6. The number of hydrogen-bond acceptors (Lipinski definition) is 13. The smallest absolute Gasteiger partial charge is 0.303 e. The minimum atomic E-state index is -0.706. The third kappa shape index (κ3) is 46.7. The number of aliphatic carboxylic acids is 1. The van der Waals surface area contributed by atoms with Gasteiger partial charge in [0.2, 0.25) is 29.5 Å². The van der Waals surface area contributed by atoms with Crippen LogP contribution in [0.15, 0.2) is 0 Å². The molecular weight excluding hydrogens is 1060 g/mol. The molecule has 0 aromatic carbocycles. The maximum Gasteiger partial charge on any atom is 0.303 e. The standard InChI is InChI=1S/C51H92Br2N6O13/c52-40-43(60)39-42(19-18-28-56-49(65)41-53)51(68)58-30-34-72-38-36-70-32-25-47(63)57-29-33-71-37-35-69-31-24-46(62)55-27-16-15-20-44(45(61)21-17-26-54)59-48(64)22-13-11-9-7-5-3-1-2-4-6-8-10-12-14-23-50(66)67/h42,44H,1-41,54H2,(H,55,62)(H,56,65)(H,57,63)(H,58,68)(H,59,64)(H,66,67)/t42-,44?/m1/s1. The monoisotopic (exact) mass is 1150 g/mol. The van der Waals surface area contributed by atoms with Crippen molar-refractivity contribution in [2.45, 2.75) is 173 Å². The lowest BCUT2D eigenvalue weighted by Gasteiger charge is -2.18. The largest absolute Gasteiger partial charge is 0.481 e. The average Bonchev–Trinajstić information content (AvgIpc) is 3.36. The van der Waals surface area contributed by atoms with Gasteiger partial charge in [-0.3, -0.25) is 38.4 Å². The van der Waals surface area contributed by atoms with E-state index in [1.807, 2.05) is 0 Å². The molecular formula is C51H92Br2N6O13. The molecule has 0 bridgehead atoms. The Hall–Kier alpha value is -3.08. The van der Waals surface area contributed by atoms with Crippen molar-refractivity contribution in [2.75, 3.05) is 96.2 Å². The number of carbonyl (C=O) groups excluding carboxylic acids is 7. The Bertz CT molecular complexity index is 1450. The summed E-state index contributed by atoms with van der Waals surface area (Å²) in [6.45, 7) is 4.11. The molecule has 0 saturated carbocycles. The highest BCUT2D eigenvalue weighted by Crippen LogP contribution is 2.15. The second-order valence-electron chi connectivity index (χ2n) is 18.0. The molecule has 0 aliphatic heterocycles. The number of Topliss-reactive ketones (excluding diaryl/α,β-unsaturated/α-hetero) is 2. The molecule has 2 atom stereocenters. The number of carboxylic acid groups (broad SMARTS) is 1. The number of ether oxygens (including phenoxy) is 4. The Kier molecular flexibility index (Phi) is 49.2. The van der Waals surface area contributed by atoms with Gasteiger partial charge >= 0.3 is 5.97 Å². The minimum absolute atomic E-state index is 0.00426. The highest BCUT2D eigenvalue weighted by atomic mass is 79.9. The molecule has 0 aliphatic rings. The topological polar surface area (TPSA) is 280 Å². The SMILES string of the molecule is NCCCC(=O)C(CCCCNC(=O)CCOCCOCCNC(=O)CCOCCOCCNC(=O)[C@H](CCCNC(=O)CBr)CC(=O)CBr)NC(=O)CCCCCCCCCCCCCCCCC(=O)O. The first-order valence-electron chi connectivity index (χ1n) is 26.7. The minimum Gasteiger partial charge on any atom is -0.481 e. The van der Waals surface area contributed by atoms with Crippen molar-refractivity contribution < 1.29 is 62.4 Å². The van der Waals surface area contributed by atoms with Gasteiger partial charge in [0.25, 0.3) is 0 Å². The zero-order valence-electron chi connectivity index (χ0n) is 43.3. The molecule has 0 fully saturated rings. The fraction of sp³-hybridized carbons (Fsp3) is 0.843. The molecule has 0 spiro atoms. The number of alkyl halides is 2. The molecule has 21 heteroatoms. The number of nitrogens with two attached hydrogens (primary N) is 1. The van der Waals surface area contributed by atoms with Crippen LogP contribution in [0.4, 0.5) is 0 Å². The quantitative estimate of drug-likeness (QED) is 0.0283. The molecule has 0 aromatic rings. The summed E-state index contributed by atoms with van der Waals surface area (Å²) < 4.78 is 21.9. The number of halogens is 2. The molecule has 1 unspecified atom stereocenters. The van der Waals surface area contributed by atoms with E-state index in [4.69, 9.17) is 29.8 Å². The van der Waals surface area contributed by atoms with Crippen LogP contribution in [0.1, 0.15) is 167 Å². The van der Waals surface area contributed by atoms with Crippen LogP contribution in [0.2, 0.25) is 0 Å². The van der Waals surface area contributed by atoms with Gasteiger partial charge in [-0.05, 0) is 57.9 Å². The van der Waals surface area contributed by atoms with Crippen molar-refractivity contribution in [1.82, 2.24) is 26.6 Å². The zero-order chi connectivity index (χ0) is 53.1. The average molecular weight is 1160 g/mol. The summed E-state index contributed by atoms with van der Waals surface area (Å²) >= 11 is 6.22. The maximum absolute atomic E-state index is 12.8. The molecule has 0 rings (SSSR count). The van der Waals surface area contributed by atoms with Crippen LogP contribution in [-0.2, 0) is 57.3 Å². The van der Waals surface area contributed by atoms with Crippen molar-refractivity contribution >= 4 is 78.9 Å². The molecule has 418 valence electrons. The van der Waals surface area contributed by atoms with E-state index in [-0.39, 0.29) is 117 Å². The number of nitrogens with one attached hydrogen (secondary N) is 5. The van der Waals surface area contributed by atoms with Crippen molar-refractivity contribution in [3.63, 3.8) is 0 Å². The van der Waals surface area contributed by atoms with Crippen molar-refractivity contribution in [3.05, 3.63) is 0 Å². The van der Waals surface area contributed by atoms with Crippen molar-refractivity contribution in [3.8, 4) is 0 Å². The van der Waals surface area contributed by atoms with E-state index < -0.39 is 17.9 Å². The van der Waals surface area contributed by atoms with Gasteiger partial charge in [-0.1, -0.05) is 109 Å². The molecule has 0 radical (unpaired) electrons. The molecule has 0 heterocycles. The van der Waals surface area contributed by atoms with Gasteiger partial charge in [0.05, 0.1) is 69.6 Å². The Balaban J connectivity index is 3.89. The highest BCUT2D eigenvalue weighted by Gasteiger charge is 2.22. The van der Waals surface area contributed by atoms with Crippen LogP contribution in [0, 0.1) is 5.92 Å². The molecule has 0 aliphatic carbocycles. The third-order valence-electron chi connectivity index (χ3n) is 11.6. The lowest BCUT2D eigenvalue weighted by atomic mass is 9.96. The van der Waals surface area contributed by atoms with Gasteiger partial charge in [0.15, 0.2) is 5.78 Å². The second-order valence-corrected chi connectivity index (χ2v) is 19.1. The summed E-state index contributed by atoms with van der Waals surface area (Å²) in [5, 5.41) is 23.2. The van der Waals surface area contributed by atoms with Crippen LogP contribution in [-0.4, -0.2) is 154 Å². The second kappa shape index (κ2) is 51.4. The van der Waals surface area contributed by atoms with E-state index in [2.05, 4.69) is 58.4 Å². The predicted molar refractivity (Wildman–Crippen MR) is 285 cm³/mol. The summed E-state index contributed by atoms with van der Waals surface area (Å²) in [5.74, 6) is -2.05. The fourth-order valence-electron chi connectivity index (χ4n) is 7.50. The molecule has 0 saturated heterocycles. The fourth-order valence-corrected chi connectivity index (χ4v) is 7.92. The Labute approximate surface area is 446 Å². The summed E-state index contributed by atoms with van der Waals surface area (Å²) in [6, 6.07) is -0.544. The van der Waals surface area contributed by atoms with Crippen LogP contribution >= 0.6 is 31.9 Å². The highest BCUT2D eigenvalue weighted by molar-refractivity contribution is 9.09. The van der Waals surface area contributed by atoms with Crippen molar-refractivity contribution in [1.29, 1.82) is 0 Å². The molecule has 8 N–H and O–H groups in total. The van der Waals surface area contributed by atoms with Gasteiger partial charge < -0.3 is 56.4 Å². The number of amides is 5. The van der Waals surface area contributed by atoms with Crippen LogP contribution in [0.5, 0.6) is 0 Å². The van der Waals surface area contributed by atoms with Crippen LogP contribution < -0.4 is 32.3 Å². The molecule has 19 nitrogen and oxygen atoms in total. The zero-order valence-corrected chi connectivity index (χ0v) is 46.5. The Morgan fingerprint density at radius 2 is 0.903 bits per heavy atom. The lowest BCUT2D eigenvalue weighted by Crippen LogP contribution is -2.41. The Morgan fingerprint density at radius 3 is 1.42 bits per heavy atom. The predicted octanol–water partition coefficient (Wildman–Crippen LogP) is 5.73. The summed E-state index contributed by atoms with van der Waals surface area (Å²) in [7, 11) is 0. The Morgan fingerprint density at radius 1 is 0.431 bits per heavy atom. The van der Waals surface area contributed by atoms with E-state index in [9.17, 15) is 38.4 Å². The maximum atomic E-state index is 12.8. The first-order chi connectivity index (χ1) is 34.9. The van der Waals surface area contributed by atoms with E-state index in [1.165, 1.54) is 51.4 Å². The number of rotatable bonds is 54. The molecule has 5 amide bonds. The van der Waals surface area contributed by atoms with E-state index in [0.717, 1.165) is 38.5 Å². The van der Waals surface area contributed by atoms with Gasteiger partial charge in [0, 0.05) is 70.6 Å². The van der Waals surface area contributed by atoms with E-state index >= 15 is 0 Å². The number of unbranched alkanes of at least 4 members (excludes halogenated alkanes) is 14. The van der Waals surface area contributed by atoms with Crippen molar-refractivity contribution in [2.24, 2.45) is 11.7 Å². The van der Waals surface area contributed by atoms with Crippen LogP contribution in [0.25, 0.3) is 0 Å². The van der Waals surface area contributed by atoms with Gasteiger partial charge in [0.1, 0.15) is 5.78 Å². The van der Waals surface area contributed by atoms with Gasteiger partial charge in [-0.25, -0.2) is 0 Å². The van der Waals surface area contributed by atoms with Gasteiger partial charge in [-0.15, -0.1) is 0 Å². The van der Waals surface area contributed by atoms with Gasteiger partial charge in [-0.2, -0.15) is 0 Å². The lowest BCUT2D eigenvalue weighted by molar-refractivity contribution is -0.137. The molecule has 0 aromatic heterocycles. The number of carboxylic acids is 1. The first kappa shape index (κ1) is 68.9. The van der Waals surface area contributed by atoms with E-state index in [1.54, 1.807) is 0 Å². The van der Waals surface area contributed by atoms with E-state index in [0.29, 0.717) is 97.4 Å². The summed E-state index contributed by atoms with van der Waals surface area (Å²) in [5.41, 5.74) is 5.62. The molecule has 72 heavy (non-hydrogen) atoms.